The van der Waals surface area contributed by atoms with Crippen molar-refractivity contribution in [3.63, 3.8) is 0 Å². The van der Waals surface area contributed by atoms with Gasteiger partial charge in [-0.05, 0) is 43.5 Å². The predicted molar refractivity (Wildman–Crippen MR) is 102 cm³/mol. The zero-order chi connectivity index (χ0) is 19.3. The molecule has 1 atom stereocenters. The van der Waals surface area contributed by atoms with Crippen LogP contribution in [0.1, 0.15) is 33.6 Å². The summed E-state index contributed by atoms with van der Waals surface area (Å²) in [7, 11) is -3.65. The number of sulfonamides is 1. The average molecular weight is 384 g/mol. The SMILES string of the molecule is CCN(CC)S(=O)(=O)c1ccc(O)c(NC(=O)CN2CCC[C@H](C)C2)c1. The van der Waals surface area contributed by atoms with Crippen molar-refractivity contribution in [2.45, 2.75) is 38.5 Å². The number of phenols is 1. The molecule has 0 aliphatic carbocycles. The fourth-order valence-corrected chi connectivity index (χ4v) is 4.80. The molecule has 1 amide bonds. The van der Waals surface area contributed by atoms with Gasteiger partial charge >= 0.3 is 0 Å². The van der Waals surface area contributed by atoms with Gasteiger partial charge in [-0.3, -0.25) is 9.69 Å². The Bertz CT molecular complexity index is 732. The molecule has 0 spiro atoms. The third-order valence-corrected chi connectivity index (χ3v) is 6.74. The maximum absolute atomic E-state index is 12.6. The molecule has 0 radical (unpaired) electrons. The Morgan fingerprint density at radius 1 is 1.35 bits per heavy atom. The van der Waals surface area contributed by atoms with E-state index in [1.54, 1.807) is 13.8 Å². The standard InChI is InChI=1S/C18H29N3O4S/c1-4-21(5-2)26(24,25)15-8-9-17(22)16(11-15)19-18(23)13-20-10-6-7-14(3)12-20/h8-9,11,14,22H,4-7,10,12-13H2,1-3H3,(H,19,23)/t14-/m0/s1. The summed E-state index contributed by atoms with van der Waals surface area (Å²) in [6.45, 7) is 8.39. The zero-order valence-corrected chi connectivity index (χ0v) is 16.6. The number of amides is 1. The van der Waals surface area contributed by atoms with E-state index in [0.717, 1.165) is 19.5 Å². The second-order valence-electron chi connectivity index (χ2n) is 6.80. The van der Waals surface area contributed by atoms with Crippen LogP contribution >= 0.6 is 0 Å². The number of benzene rings is 1. The molecule has 1 fully saturated rings. The number of nitrogens with zero attached hydrogens (tertiary/aromatic N) is 2. The molecule has 2 rings (SSSR count). The Labute approximate surface area is 156 Å². The largest absolute Gasteiger partial charge is 0.506 e. The van der Waals surface area contributed by atoms with Crippen LogP contribution in [0.5, 0.6) is 5.75 Å². The second-order valence-corrected chi connectivity index (χ2v) is 8.74. The van der Waals surface area contributed by atoms with Crippen molar-refractivity contribution in [3.8, 4) is 5.75 Å². The van der Waals surface area contributed by atoms with Crippen LogP contribution in [-0.2, 0) is 14.8 Å². The second kappa shape index (κ2) is 8.83. The first-order chi connectivity index (χ1) is 12.3. The van der Waals surface area contributed by atoms with Gasteiger partial charge in [-0.15, -0.1) is 0 Å². The molecule has 7 nitrogen and oxygen atoms in total. The van der Waals surface area contributed by atoms with Crippen molar-refractivity contribution in [2.24, 2.45) is 5.92 Å². The van der Waals surface area contributed by atoms with Gasteiger partial charge in [0.25, 0.3) is 0 Å². The van der Waals surface area contributed by atoms with Gasteiger partial charge in [0.1, 0.15) is 5.75 Å². The first-order valence-corrected chi connectivity index (χ1v) is 10.6. The van der Waals surface area contributed by atoms with E-state index in [-0.39, 0.29) is 28.8 Å². The summed E-state index contributed by atoms with van der Waals surface area (Å²) in [5.41, 5.74) is 0.119. The van der Waals surface area contributed by atoms with E-state index in [9.17, 15) is 18.3 Å². The highest BCUT2D eigenvalue weighted by molar-refractivity contribution is 7.89. The van der Waals surface area contributed by atoms with E-state index in [1.807, 2.05) is 0 Å². The minimum atomic E-state index is -3.65. The van der Waals surface area contributed by atoms with E-state index in [0.29, 0.717) is 19.0 Å². The number of aromatic hydroxyl groups is 1. The lowest BCUT2D eigenvalue weighted by Gasteiger charge is -2.30. The molecule has 1 aromatic carbocycles. The number of carbonyl (C=O) groups excluding carboxylic acids is 1. The van der Waals surface area contributed by atoms with Crippen molar-refractivity contribution < 1.29 is 18.3 Å². The van der Waals surface area contributed by atoms with Crippen LogP contribution in [0, 0.1) is 5.92 Å². The highest BCUT2D eigenvalue weighted by atomic mass is 32.2. The number of rotatable bonds is 7. The van der Waals surface area contributed by atoms with Gasteiger partial charge < -0.3 is 10.4 Å². The lowest BCUT2D eigenvalue weighted by Crippen LogP contribution is -2.39. The Hall–Kier alpha value is -1.64. The molecule has 0 aromatic heterocycles. The van der Waals surface area contributed by atoms with Crippen molar-refractivity contribution >= 4 is 21.6 Å². The monoisotopic (exact) mass is 383 g/mol. The van der Waals surface area contributed by atoms with Crippen molar-refractivity contribution in [1.82, 2.24) is 9.21 Å². The summed E-state index contributed by atoms with van der Waals surface area (Å²) in [6, 6.07) is 3.97. The molecular formula is C18H29N3O4S. The number of likely N-dealkylation sites (tertiary alicyclic amines) is 1. The predicted octanol–water partition coefficient (Wildman–Crippen LogP) is 2.09. The van der Waals surface area contributed by atoms with Crippen LogP contribution in [-0.4, -0.2) is 61.4 Å². The average Bonchev–Trinajstić information content (AvgIpc) is 2.57. The van der Waals surface area contributed by atoms with Crippen molar-refractivity contribution in [2.75, 3.05) is 38.0 Å². The number of piperidine rings is 1. The maximum atomic E-state index is 12.6. The lowest BCUT2D eigenvalue weighted by atomic mass is 10.0. The number of anilines is 1. The van der Waals surface area contributed by atoms with Crippen LogP contribution in [0.4, 0.5) is 5.69 Å². The van der Waals surface area contributed by atoms with Gasteiger partial charge in [0.15, 0.2) is 0 Å². The number of nitrogens with one attached hydrogen (secondary N) is 1. The Balaban J connectivity index is 2.13. The van der Waals surface area contributed by atoms with E-state index >= 15 is 0 Å². The van der Waals surface area contributed by atoms with Crippen LogP contribution in [0.3, 0.4) is 0 Å². The molecule has 2 N–H and O–H groups in total. The van der Waals surface area contributed by atoms with E-state index < -0.39 is 10.0 Å². The van der Waals surface area contributed by atoms with Crippen molar-refractivity contribution in [3.05, 3.63) is 18.2 Å². The molecule has 1 aromatic rings. The van der Waals surface area contributed by atoms with E-state index in [4.69, 9.17) is 0 Å². The molecule has 0 bridgehead atoms. The van der Waals surface area contributed by atoms with Gasteiger partial charge in [0.2, 0.25) is 15.9 Å². The lowest BCUT2D eigenvalue weighted by molar-refractivity contribution is -0.117. The summed E-state index contributed by atoms with van der Waals surface area (Å²) in [6.07, 6.45) is 2.24. The van der Waals surface area contributed by atoms with E-state index in [1.165, 1.54) is 28.9 Å². The highest BCUT2D eigenvalue weighted by Gasteiger charge is 2.24. The summed E-state index contributed by atoms with van der Waals surface area (Å²) in [4.78, 5) is 14.5. The fraction of sp³-hybridized carbons (Fsp3) is 0.611. The quantitative estimate of drug-likeness (QED) is 0.704. The summed E-state index contributed by atoms with van der Waals surface area (Å²) < 4.78 is 26.6. The molecule has 8 heteroatoms. The zero-order valence-electron chi connectivity index (χ0n) is 15.7. The highest BCUT2D eigenvalue weighted by Crippen LogP contribution is 2.28. The Morgan fingerprint density at radius 2 is 2.04 bits per heavy atom. The van der Waals surface area contributed by atoms with Gasteiger partial charge in [-0.2, -0.15) is 4.31 Å². The third-order valence-electron chi connectivity index (χ3n) is 4.69. The molecule has 26 heavy (non-hydrogen) atoms. The summed E-state index contributed by atoms with van der Waals surface area (Å²) >= 11 is 0. The number of phenolic OH excluding ortho intramolecular Hbond substituents is 1. The van der Waals surface area contributed by atoms with Crippen LogP contribution in [0.15, 0.2) is 23.1 Å². The minimum absolute atomic E-state index is 0.0564. The Kier molecular flexibility index (Phi) is 7.02. The third kappa shape index (κ3) is 4.96. The topological polar surface area (TPSA) is 90.0 Å². The van der Waals surface area contributed by atoms with Crippen LogP contribution in [0.2, 0.25) is 0 Å². The van der Waals surface area contributed by atoms with Gasteiger partial charge in [0.05, 0.1) is 17.1 Å². The smallest absolute Gasteiger partial charge is 0.243 e. The van der Waals surface area contributed by atoms with Gasteiger partial charge in [-0.25, -0.2) is 8.42 Å². The molecule has 1 aliphatic rings. The summed E-state index contributed by atoms with van der Waals surface area (Å²) in [5, 5.41) is 12.7. The van der Waals surface area contributed by atoms with Gasteiger partial charge in [-0.1, -0.05) is 20.8 Å². The number of carbonyl (C=O) groups is 1. The van der Waals surface area contributed by atoms with Gasteiger partial charge in [0, 0.05) is 19.6 Å². The van der Waals surface area contributed by atoms with Crippen LogP contribution in [0.25, 0.3) is 0 Å². The maximum Gasteiger partial charge on any atom is 0.243 e. The van der Waals surface area contributed by atoms with E-state index in [2.05, 4.69) is 17.1 Å². The molecule has 0 saturated carbocycles. The first-order valence-electron chi connectivity index (χ1n) is 9.13. The summed E-state index contributed by atoms with van der Waals surface area (Å²) in [5.74, 6) is 0.156. The molecule has 1 saturated heterocycles. The van der Waals surface area contributed by atoms with Crippen LogP contribution < -0.4 is 5.32 Å². The molecule has 1 aliphatic heterocycles. The van der Waals surface area contributed by atoms with Crippen molar-refractivity contribution in [1.29, 1.82) is 0 Å². The normalized spacial score (nSPS) is 18.8. The fourth-order valence-electron chi connectivity index (χ4n) is 3.31. The Morgan fingerprint density at radius 3 is 2.65 bits per heavy atom. The molecule has 1 heterocycles. The molecular weight excluding hydrogens is 354 g/mol. The molecule has 0 unspecified atom stereocenters. The first kappa shape index (κ1) is 20.7. The minimum Gasteiger partial charge on any atom is -0.506 e. The number of hydrogen-bond donors (Lipinski definition) is 2. The number of hydrogen-bond acceptors (Lipinski definition) is 5. The molecule has 146 valence electrons.